The van der Waals surface area contributed by atoms with Crippen molar-refractivity contribution in [2.75, 3.05) is 5.32 Å². The van der Waals surface area contributed by atoms with E-state index in [4.69, 9.17) is 5.73 Å². The van der Waals surface area contributed by atoms with Crippen molar-refractivity contribution in [1.82, 2.24) is 0 Å². The quantitative estimate of drug-likeness (QED) is 0.846. The zero-order chi connectivity index (χ0) is 12.0. The SMILES string of the molecule is Cc1c(NC(=O)C2(N)CC2)sc2c1CCCC2. The first-order chi connectivity index (χ1) is 8.10. The van der Waals surface area contributed by atoms with Crippen LogP contribution in [0.1, 0.15) is 41.7 Å². The number of carbonyl (C=O) groups excluding carboxylic acids is 1. The molecule has 0 unspecified atom stereocenters. The minimum absolute atomic E-state index is 0.000744. The molecule has 2 aliphatic rings. The zero-order valence-corrected chi connectivity index (χ0v) is 11.0. The number of amides is 1. The lowest BCUT2D eigenvalue weighted by molar-refractivity contribution is -0.118. The topological polar surface area (TPSA) is 55.1 Å². The van der Waals surface area contributed by atoms with Gasteiger partial charge in [-0.15, -0.1) is 11.3 Å². The molecular weight excluding hydrogens is 232 g/mol. The van der Waals surface area contributed by atoms with Gasteiger partial charge in [0.05, 0.1) is 10.5 Å². The second-order valence-corrected chi connectivity index (χ2v) is 6.38. The van der Waals surface area contributed by atoms with E-state index in [1.807, 2.05) is 0 Å². The molecule has 0 radical (unpaired) electrons. The summed E-state index contributed by atoms with van der Waals surface area (Å²) in [7, 11) is 0. The van der Waals surface area contributed by atoms with Gasteiger partial charge in [0.25, 0.3) is 0 Å². The fraction of sp³-hybridized carbons (Fsp3) is 0.615. The van der Waals surface area contributed by atoms with Gasteiger partial charge in [0, 0.05) is 4.88 Å². The summed E-state index contributed by atoms with van der Waals surface area (Å²) in [5.41, 5.74) is 8.07. The fourth-order valence-electron chi connectivity index (χ4n) is 2.43. The molecule has 1 aromatic rings. The first kappa shape index (κ1) is 11.2. The molecule has 1 amide bonds. The molecular formula is C13H18N2OS. The summed E-state index contributed by atoms with van der Waals surface area (Å²) in [6, 6.07) is 0. The van der Waals surface area contributed by atoms with Crippen LogP contribution < -0.4 is 11.1 Å². The van der Waals surface area contributed by atoms with Gasteiger partial charge in [-0.25, -0.2) is 0 Å². The molecule has 0 aliphatic heterocycles. The van der Waals surface area contributed by atoms with E-state index in [9.17, 15) is 4.79 Å². The molecule has 1 saturated carbocycles. The van der Waals surface area contributed by atoms with Crippen LogP contribution in [0, 0.1) is 6.92 Å². The summed E-state index contributed by atoms with van der Waals surface area (Å²) in [4.78, 5) is 13.4. The van der Waals surface area contributed by atoms with Gasteiger partial charge in [-0.3, -0.25) is 4.79 Å². The van der Waals surface area contributed by atoms with Crippen molar-refractivity contribution in [3.8, 4) is 0 Å². The van der Waals surface area contributed by atoms with Gasteiger partial charge >= 0.3 is 0 Å². The van der Waals surface area contributed by atoms with Crippen molar-refractivity contribution >= 4 is 22.2 Å². The number of hydrogen-bond donors (Lipinski definition) is 2. The number of carbonyl (C=O) groups is 1. The first-order valence-corrected chi connectivity index (χ1v) is 7.13. The number of rotatable bonds is 2. The third kappa shape index (κ3) is 1.89. The van der Waals surface area contributed by atoms with Crippen molar-refractivity contribution in [3.05, 3.63) is 16.0 Å². The van der Waals surface area contributed by atoms with Gasteiger partial charge in [-0.1, -0.05) is 0 Å². The summed E-state index contributed by atoms with van der Waals surface area (Å²) in [6.45, 7) is 2.12. The Morgan fingerprint density at radius 2 is 2.06 bits per heavy atom. The molecule has 3 nitrogen and oxygen atoms in total. The van der Waals surface area contributed by atoms with E-state index in [1.54, 1.807) is 11.3 Å². The zero-order valence-electron chi connectivity index (χ0n) is 10.1. The number of anilines is 1. The van der Waals surface area contributed by atoms with Crippen LogP contribution in [0.5, 0.6) is 0 Å². The molecule has 0 atom stereocenters. The van der Waals surface area contributed by atoms with Crippen LogP contribution in [0.2, 0.25) is 0 Å². The number of hydrogen-bond acceptors (Lipinski definition) is 3. The largest absolute Gasteiger partial charge is 0.317 e. The molecule has 0 aromatic carbocycles. The third-order valence-electron chi connectivity index (χ3n) is 3.90. The predicted octanol–water partition coefficient (Wildman–Crippen LogP) is 2.37. The van der Waals surface area contributed by atoms with E-state index < -0.39 is 5.54 Å². The molecule has 92 valence electrons. The maximum Gasteiger partial charge on any atom is 0.245 e. The van der Waals surface area contributed by atoms with E-state index in [0.29, 0.717) is 0 Å². The van der Waals surface area contributed by atoms with Crippen molar-refractivity contribution < 1.29 is 4.79 Å². The van der Waals surface area contributed by atoms with Crippen molar-refractivity contribution in [1.29, 1.82) is 0 Å². The molecule has 1 aromatic heterocycles. The van der Waals surface area contributed by atoms with E-state index in [0.717, 1.165) is 17.8 Å². The van der Waals surface area contributed by atoms with Crippen LogP contribution >= 0.6 is 11.3 Å². The molecule has 3 N–H and O–H groups in total. The number of aryl methyl sites for hydroxylation is 1. The number of thiophene rings is 1. The number of fused-ring (bicyclic) bond motifs is 1. The van der Waals surface area contributed by atoms with E-state index in [1.165, 1.54) is 41.7 Å². The smallest absolute Gasteiger partial charge is 0.245 e. The molecule has 1 fully saturated rings. The van der Waals surface area contributed by atoms with Crippen molar-refractivity contribution in [2.45, 2.75) is 51.0 Å². The number of nitrogens with one attached hydrogen (secondary N) is 1. The number of nitrogens with two attached hydrogens (primary N) is 1. The van der Waals surface area contributed by atoms with E-state index in [-0.39, 0.29) is 5.91 Å². The van der Waals surface area contributed by atoms with Crippen molar-refractivity contribution in [3.63, 3.8) is 0 Å². The Morgan fingerprint density at radius 1 is 1.35 bits per heavy atom. The molecule has 1 heterocycles. The van der Waals surface area contributed by atoms with Crippen LogP contribution in [0.3, 0.4) is 0 Å². The van der Waals surface area contributed by atoms with Crippen LogP contribution in [0.4, 0.5) is 5.00 Å². The molecule has 0 spiro atoms. The maximum absolute atomic E-state index is 11.9. The lowest BCUT2D eigenvalue weighted by Gasteiger charge is -2.11. The summed E-state index contributed by atoms with van der Waals surface area (Å²) in [5.74, 6) is -0.000744. The lowest BCUT2D eigenvalue weighted by atomic mass is 9.96. The summed E-state index contributed by atoms with van der Waals surface area (Å²) < 4.78 is 0. The standard InChI is InChI=1S/C13H18N2OS/c1-8-9-4-2-3-5-10(9)17-11(8)15-12(16)13(14)6-7-13/h2-7,14H2,1H3,(H,15,16). The highest BCUT2D eigenvalue weighted by molar-refractivity contribution is 7.16. The summed E-state index contributed by atoms with van der Waals surface area (Å²) in [6.07, 6.45) is 6.54. The van der Waals surface area contributed by atoms with Gasteiger partial charge in [-0.05, 0) is 56.6 Å². The molecule has 0 bridgehead atoms. The first-order valence-electron chi connectivity index (χ1n) is 6.32. The average Bonchev–Trinajstić information content (AvgIpc) is 3.00. The minimum Gasteiger partial charge on any atom is -0.317 e. The Kier molecular flexibility index (Phi) is 2.52. The molecule has 17 heavy (non-hydrogen) atoms. The van der Waals surface area contributed by atoms with Gasteiger partial charge < -0.3 is 11.1 Å². The molecule has 0 saturated heterocycles. The lowest BCUT2D eigenvalue weighted by Crippen LogP contribution is -2.37. The maximum atomic E-state index is 11.9. The van der Waals surface area contributed by atoms with Crippen LogP contribution in [-0.2, 0) is 17.6 Å². The van der Waals surface area contributed by atoms with Gasteiger partial charge in [-0.2, -0.15) is 0 Å². The Bertz CT molecular complexity index is 474. The fourth-order valence-corrected chi connectivity index (χ4v) is 3.72. The third-order valence-corrected chi connectivity index (χ3v) is 5.21. The highest BCUT2D eigenvalue weighted by Gasteiger charge is 2.46. The highest BCUT2D eigenvalue weighted by Crippen LogP contribution is 2.39. The van der Waals surface area contributed by atoms with Gasteiger partial charge in [0.1, 0.15) is 0 Å². The molecule has 2 aliphatic carbocycles. The van der Waals surface area contributed by atoms with Gasteiger partial charge in [0.15, 0.2) is 0 Å². The Morgan fingerprint density at radius 3 is 2.71 bits per heavy atom. The van der Waals surface area contributed by atoms with E-state index >= 15 is 0 Å². The Balaban J connectivity index is 1.83. The van der Waals surface area contributed by atoms with Gasteiger partial charge in [0.2, 0.25) is 5.91 Å². The van der Waals surface area contributed by atoms with Crippen LogP contribution in [-0.4, -0.2) is 11.4 Å². The van der Waals surface area contributed by atoms with Crippen LogP contribution in [0.15, 0.2) is 0 Å². The van der Waals surface area contributed by atoms with Crippen molar-refractivity contribution in [2.24, 2.45) is 5.73 Å². The predicted molar refractivity (Wildman–Crippen MR) is 70.5 cm³/mol. The van der Waals surface area contributed by atoms with E-state index in [2.05, 4.69) is 12.2 Å². The molecule has 3 rings (SSSR count). The second kappa shape index (κ2) is 3.82. The average molecular weight is 250 g/mol. The monoisotopic (exact) mass is 250 g/mol. The summed E-state index contributed by atoms with van der Waals surface area (Å²) >= 11 is 1.75. The Hall–Kier alpha value is -0.870. The minimum atomic E-state index is -0.572. The normalized spacial score (nSPS) is 20.8. The highest BCUT2D eigenvalue weighted by atomic mass is 32.1. The second-order valence-electron chi connectivity index (χ2n) is 5.28. The van der Waals surface area contributed by atoms with Crippen LogP contribution in [0.25, 0.3) is 0 Å². The Labute approximate surface area is 105 Å². The summed E-state index contributed by atoms with van der Waals surface area (Å²) in [5, 5.41) is 4.05. The molecule has 4 heteroatoms.